The first-order chi connectivity index (χ1) is 22.0. The van der Waals surface area contributed by atoms with Crippen LogP contribution in [0, 0.1) is 0 Å². The molecule has 4 nitrogen and oxygen atoms in total. The van der Waals surface area contributed by atoms with E-state index < -0.39 is 73.7 Å². The van der Waals surface area contributed by atoms with E-state index in [9.17, 15) is 0 Å². The van der Waals surface area contributed by atoms with Gasteiger partial charge in [0.1, 0.15) is 0 Å². The first kappa shape index (κ1) is 51.7. The molecule has 0 fully saturated rings. The maximum atomic E-state index is 7.23. The average Bonchev–Trinajstić information content (AvgIpc) is 3.05. The van der Waals surface area contributed by atoms with Gasteiger partial charge in [-0.15, -0.1) is 0 Å². The topological polar surface area (TPSA) is 36.9 Å². The van der Waals surface area contributed by atoms with Gasteiger partial charge < -0.3 is 0 Å². The summed E-state index contributed by atoms with van der Waals surface area (Å²) in [5.41, 5.74) is 0. The van der Waals surface area contributed by atoms with Crippen LogP contribution in [-0.4, -0.2) is 87.0 Å². The van der Waals surface area contributed by atoms with Gasteiger partial charge in [0.25, 0.3) is 0 Å². The molecule has 280 valence electrons. The van der Waals surface area contributed by atoms with Gasteiger partial charge in [-0.3, -0.25) is 0 Å². The number of halogens is 2. The Hall–Kier alpha value is 3.61. The van der Waals surface area contributed by atoms with E-state index in [-0.39, 0.29) is 0 Å². The minimum atomic E-state index is -2.99. The summed E-state index contributed by atoms with van der Waals surface area (Å²) < 4.78 is 36.5. The van der Waals surface area contributed by atoms with Crippen molar-refractivity contribution in [3.8, 4) is 0 Å². The zero-order chi connectivity index (χ0) is 35.2. The van der Waals surface area contributed by atoms with E-state index in [0.717, 1.165) is 13.2 Å². The Morgan fingerprint density at radius 2 is 0.522 bits per heavy atom. The SMILES string of the molecule is CCC[CH2][Sn]([Cl])([CH2]CCC)[O][Sn]([CH2]CCC)([CH2]CCC)[O]CC.CCC[CH2][Sn]([Cl])([CH2]CCC)[O][Sn]([CH2]CCC)([CH2]CCC)[O]CC. The number of unbranched alkanes of at least 4 members (excludes halogenated alkanes) is 8. The van der Waals surface area contributed by atoms with E-state index in [2.05, 4.69) is 69.2 Å². The standard InChI is InChI=1S/8C4H9.2C2H5O.2ClH.2O.4Sn/c8*1-3-4-2;2*1-2-3;;;;;;;;/h8*1,3-4H2,2H3;2*2H2,1H3;2*1H;;;;;;/q;;;;;;;;2*-1;;;;;4*+1/p-2. The number of hydrogen-bond acceptors (Lipinski definition) is 4. The third kappa shape index (κ3) is 25.6. The Morgan fingerprint density at radius 1 is 0.326 bits per heavy atom. The molecule has 0 radical (unpaired) electrons. The van der Waals surface area contributed by atoms with Gasteiger partial charge >= 0.3 is 321 Å². The van der Waals surface area contributed by atoms with E-state index in [4.69, 9.17) is 26.8 Å². The fraction of sp³-hybridized carbons (Fsp3) is 1.00. The van der Waals surface area contributed by atoms with Gasteiger partial charge in [-0.1, -0.05) is 0 Å². The first-order valence-corrected chi connectivity index (χ1v) is 50.4. The Bertz CT molecular complexity index is 577. The summed E-state index contributed by atoms with van der Waals surface area (Å²) in [4.78, 5) is 0. The fourth-order valence-electron chi connectivity index (χ4n) is 6.00. The maximum absolute atomic E-state index is 7.23. The molecular weight excluding hydrogens is 1040 g/mol. The summed E-state index contributed by atoms with van der Waals surface area (Å²) in [7, 11) is 14.5. The molecule has 0 aromatic rings. The van der Waals surface area contributed by atoms with Crippen molar-refractivity contribution in [3.63, 3.8) is 0 Å². The quantitative estimate of drug-likeness (QED) is 0.0629. The first-order valence-electron chi connectivity index (χ1n) is 20.1. The third-order valence-corrected chi connectivity index (χ3v) is 83.2. The van der Waals surface area contributed by atoms with Crippen LogP contribution in [0.15, 0.2) is 0 Å². The predicted molar refractivity (Wildman–Crippen MR) is 218 cm³/mol. The van der Waals surface area contributed by atoms with Crippen molar-refractivity contribution in [2.75, 3.05) is 13.2 Å². The Kier molecular flexibility index (Phi) is 37.3. The summed E-state index contributed by atoms with van der Waals surface area (Å²) in [6.07, 6.45) is 19.8. The molecule has 0 aromatic heterocycles. The molecule has 0 saturated carbocycles. The molecule has 0 spiro atoms. The molecular formula is C36H82Cl2O4Sn4. The van der Waals surface area contributed by atoms with Crippen LogP contribution in [0.1, 0.15) is 172 Å². The molecule has 0 unspecified atom stereocenters. The Morgan fingerprint density at radius 3 is 0.696 bits per heavy atom. The predicted octanol–water partition coefficient (Wildman–Crippen LogP) is 14.7. The Labute approximate surface area is 317 Å². The normalized spacial score (nSPS) is 12.8. The van der Waals surface area contributed by atoms with Gasteiger partial charge in [0, 0.05) is 0 Å². The molecule has 0 aliphatic rings. The molecule has 0 saturated heterocycles. The molecule has 0 aromatic carbocycles. The molecule has 0 bridgehead atoms. The molecule has 0 atom stereocenters. The summed E-state index contributed by atoms with van der Waals surface area (Å²) in [6, 6.07) is 0. The average molecular weight is 1120 g/mol. The van der Waals surface area contributed by atoms with Crippen LogP contribution in [0.3, 0.4) is 0 Å². The molecule has 0 aliphatic heterocycles. The summed E-state index contributed by atoms with van der Waals surface area (Å²) in [5, 5.41) is 0. The monoisotopic (exact) mass is 1130 g/mol. The van der Waals surface area contributed by atoms with Crippen LogP contribution in [0.4, 0.5) is 0 Å². The van der Waals surface area contributed by atoms with Crippen molar-refractivity contribution < 1.29 is 8.97 Å². The molecule has 0 aliphatic carbocycles. The zero-order valence-corrected chi connectivity index (χ0v) is 45.7. The van der Waals surface area contributed by atoms with Crippen LogP contribution in [0.2, 0.25) is 35.5 Å². The van der Waals surface area contributed by atoms with Gasteiger partial charge in [0.05, 0.1) is 0 Å². The molecule has 0 heterocycles. The van der Waals surface area contributed by atoms with Crippen molar-refractivity contribution in [2.45, 2.75) is 207 Å². The second-order valence-electron chi connectivity index (χ2n) is 13.5. The zero-order valence-electron chi connectivity index (χ0n) is 32.8. The van der Waals surface area contributed by atoms with Gasteiger partial charge in [0.15, 0.2) is 0 Å². The van der Waals surface area contributed by atoms with Crippen molar-refractivity contribution in [3.05, 3.63) is 0 Å². The van der Waals surface area contributed by atoms with Crippen molar-refractivity contribution in [1.29, 1.82) is 0 Å². The third-order valence-electron chi connectivity index (χ3n) is 8.81. The number of hydrogen-bond donors (Lipinski definition) is 0. The summed E-state index contributed by atoms with van der Waals surface area (Å²) in [5.74, 6) is 0. The van der Waals surface area contributed by atoms with Gasteiger partial charge in [-0.05, 0) is 0 Å². The van der Waals surface area contributed by atoms with Crippen molar-refractivity contribution >= 4 is 91.6 Å². The fourth-order valence-corrected chi connectivity index (χ4v) is 99.9. The second-order valence-corrected chi connectivity index (χ2v) is 65.3. The minimum absolute atomic E-state index is 0.809. The van der Waals surface area contributed by atoms with E-state index in [1.54, 1.807) is 0 Å². The van der Waals surface area contributed by atoms with Crippen molar-refractivity contribution in [1.82, 2.24) is 0 Å². The molecule has 10 heteroatoms. The van der Waals surface area contributed by atoms with E-state index >= 15 is 0 Å². The van der Waals surface area contributed by atoms with Crippen LogP contribution in [0.25, 0.3) is 0 Å². The molecule has 0 amide bonds. The van der Waals surface area contributed by atoms with Gasteiger partial charge in [-0.2, -0.15) is 0 Å². The number of rotatable bonds is 32. The summed E-state index contributed by atoms with van der Waals surface area (Å²) >= 11 is -11.9. The molecule has 0 N–H and O–H groups in total. The van der Waals surface area contributed by atoms with E-state index in [0.29, 0.717) is 0 Å². The van der Waals surface area contributed by atoms with Gasteiger partial charge in [0.2, 0.25) is 0 Å². The van der Waals surface area contributed by atoms with E-state index in [1.807, 2.05) is 0 Å². The Balaban J connectivity index is 0. The van der Waals surface area contributed by atoms with Crippen LogP contribution < -0.4 is 0 Å². The van der Waals surface area contributed by atoms with Gasteiger partial charge in [-0.25, -0.2) is 0 Å². The summed E-state index contributed by atoms with van der Waals surface area (Å²) in [6.45, 7) is 24.0. The molecule has 46 heavy (non-hydrogen) atoms. The molecule has 0 rings (SSSR count). The second kappa shape index (κ2) is 33.2. The van der Waals surface area contributed by atoms with Crippen molar-refractivity contribution in [2.24, 2.45) is 0 Å². The van der Waals surface area contributed by atoms with Crippen LogP contribution >= 0.6 is 17.8 Å². The van der Waals surface area contributed by atoms with Crippen LogP contribution in [-0.2, 0) is 8.97 Å². The van der Waals surface area contributed by atoms with E-state index in [1.165, 1.54) is 138 Å². The van der Waals surface area contributed by atoms with Crippen LogP contribution in [0.5, 0.6) is 0 Å².